The third-order valence-electron chi connectivity index (χ3n) is 1.53. The van der Waals surface area contributed by atoms with E-state index in [4.69, 9.17) is 0 Å². The molecule has 0 aliphatic heterocycles. The molecule has 1 N–H and O–H groups in total. The van der Waals surface area contributed by atoms with Gasteiger partial charge in [-0.05, 0) is 18.5 Å². The van der Waals surface area contributed by atoms with Crippen molar-refractivity contribution >= 4 is 0 Å². The minimum Gasteiger partial charge on any atom is -0.312 e. The Morgan fingerprint density at radius 2 is 2.00 bits per heavy atom. The molecular weight excluding hydrogens is 134 g/mol. The normalized spacial score (nSPS) is 9.91. The van der Waals surface area contributed by atoms with E-state index in [0.29, 0.717) is 0 Å². The summed E-state index contributed by atoms with van der Waals surface area (Å²) in [4.78, 5) is 0. The number of nitrogens with one attached hydrogen (secondary N) is 1. The molecule has 1 nitrogen and oxygen atoms in total. The number of hydrogen-bond donors (Lipinski definition) is 1. The number of hydrogen-bond acceptors (Lipinski definition) is 1. The van der Waals surface area contributed by atoms with Gasteiger partial charge in [-0.1, -0.05) is 37.3 Å². The molecule has 0 aromatic heterocycles. The molecule has 1 heteroatoms. The Bertz CT molecular complexity index is 181. The third-order valence-corrected chi connectivity index (χ3v) is 1.53. The minimum absolute atomic E-state index is 1.01. The molecule has 1 aromatic rings. The molecule has 0 saturated carbocycles. The van der Waals surface area contributed by atoms with E-state index >= 15 is 0 Å². The summed E-state index contributed by atoms with van der Waals surface area (Å²) in [5, 5.41) is 3.17. The molecule has 59 valence electrons. The number of likely N-dealkylation sites (N-methyl/N-ethyl adjacent to an activating group) is 1. The van der Waals surface area contributed by atoms with Crippen LogP contribution in [-0.2, 0) is 6.42 Å². The lowest BCUT2D eigenvalue weighted by Gasteiger charge is -1.99. The van der Waals surface area contributed by atoms with Crippen LogP contribution in [0.4, 0.5) is 0 Å². The van der Waals surface area contributed by atoms with Crippen molar-refractivity contribution in [2.75, 3.05) is 6.54 Å². The number of rotatable bonds is 4. The van der Waals surface area contributed by atoms with Crippen molar-refractivity contribution in [3.05, 3.63) is 42.4 Å². The van der Waals surface area contributed by atoms with Gasteiger partial charge in [0, 0.05) is 6.54 Å². The first-order valence-corrected chi connectivity index (χ1v) is 4.02. The van der Waals surface area contributed by atoms with Crippen LogP contribution in [0.3, 0.4) is 0 Å². The average Bonchev–Trinajstić information content (AvgIpc) is 2.07. The Hall–Kier alpha value is -0.820. The summed E-state index contributed by atoms with van der Waals surface area (Å²) in [6.07, 6.45) is 1.01. The quantitative estimate of drug-likeness (QED) is 0.644. The summed E-state index contributed by atoms with van der Waals surface area (Å²) in [7, 11) is 0. The van der Waals surface area contributed by atoms with Gasteiger partial charge in [0.1, 0.15) is 0 Å². The van der Waals surface area contributed by atoms with Crippen molar-refractivity contribution in [3.63, 3.8) is 0 Å². The molecule has 1 radical (unpaired) electrons. The van der Waals surface area contributed by atoms with E-state index in [9.17, 15) is 0 Å². The predicted octanol–water partition coefficient (Wildman–Crippen LogP) is 2.00. The van der Waals surface area contributed by atoms with Crippen LogP contribution in [0.5, 0.6) is 0 Å². The predicted molar refractivity (Wildman–Crippen MR) is 48.1 cm³/mol. The molecule has 11 heavy (non-hydrogen) atoms. The van der Waals surface area contributed by atoms with E-state index in [0.717, 1.165) is 13.0 Å². The van der Waals surface area contributed by atoms with Gasteiger partial charge in [0.15, 0.2) is 0 Å². The van der Waals surface area contributed by atoms with Gasteiger partial charge in [-0.15, -0.1) is 0 Å². The van der Waals surface area contributed by atoms with Gasteiger partial charge in [0.2, 0.25) is 0 Å². The summed E-state index contributed by atoms with van der Waals surface area (Å²) in [5.41, 5.74) is 1.36. The highest BCUT2D eigenvalue weighted by Gasteiger charge is 1.88. The lowest BCUT2D eigenvalue weighted by Crippen LogP contribution is -2.09. The van der Waals surface area contributed by atoms with Gasteiger partial charge < -0.3 is 5.32 Å². The van der Waals surface area contributed by atoms with Gasteiger partial charge in [-0.3, -0.25) is 0 Å². The lowest BCUT2D eigenvalue weighted by atomic mass is 10.1. The van der Waals surface area contributed by atoms with Crippen molar-refractivity contribution in [2.24, 2.45) is 0 Å². The van der Waals surface area contributed by atoms with Crippen molar-refractivity contribution in [3.8, 4) is 0 Å². The second-order valence-electron chi connectivity index (χ2n) is 2.45. The first-order valence-electron chi connectivity index (χ1n) is 4.02. The Morgan fingerprint density at radius 3 is 2.64 bits per heavy atom. The third kappa shape index (κ3) is 3.19. The van der Waals surface area contributed by atoms with E-state index in [2.05, 4.69) is 43.1 Å². The van der Waals surface area contributed by atoms with Crippen molar-refractivity contribution in [1.29, 1.82) is 0 Å². The van der Waals surface area contributed by atoms with Crippen LogP contribution >= 0.6 is 0 Å². The van der Waals surface area contributed by atoms with Gasteiger partial charge in [0.05, 0.1) is 0 Å². The fourth-order valence-electron chi connectivity index (χ4n) is 0.948. The Morgan fingerprint density at radius 1 is 1.27 bits per heavy atom. The maximum atomic E-state index is 3.17. The van der Waals surface area contributed by atoms with Crippen LogP contribution < -0.4 is 5.32 Å². The zero-order valence-corrected chi connectivity index (χ0v) is 6.88. The lowest BCUT2D eigenvalue weighted by molar-refractivity contribution is 0.810. The maximum Gasteiger partial charge on any atom is 0.0264 e. The van der Waals surface area contributed by atoms with Crippen LogP contribution in [0.25, 0.3) is 0 Å². The molecule has 0 fully saturated rings. The van der Waals surface area contributed by atoms with E-state index in [-0.39, 0.29) is 0 Å². The SMILES string of the molecule is CCN[CH]Cc1ccccc1. The second kappa shape index (κ2) is 4.91. The molecule has 0 atom stereocenters. The highest BCUT2D eigenvalue weighted by Crippen LogP contribution is 1.99. The minimum atomic E-state index is 1.01. The number of benzene rings is 1. The molecule has 0 aliphatic rings. The van der Waals surface area contributed by atoms with Gasteiger partial charge in [-0.25, -0.2) is 0 Å². The standard InChI is InChI=1S/C10H14N/c1-2-11-9-8-10-6-4-3-5-7-10/h3-7,9,11H,2,8H2,1H3. The zero-order chi connectivity index (χ0) is 7.94. The summed E-state index contributed by atoms with van der Waals surface area (Å²) in [5.74, 6) is 0. The van der Waals surface area contributed by atoms with Crippen LogP contribution in [-0.4, -0.2) is 6.54 Å². The van der Waals surface area contributed by atoms with E-state index in [1.807, 2.05) is 6.07 Å². The molecule has 0 amide bonds. The topological polar surface area (TPSA) is 12.0 Å². The highest BCUT2D eigenvalue weighted by molar-refractivity contribution is 5.15. The summed E-state index contributed by atoms with van der Waals surface area (Å²) in [6.45, 7) is 5.20. The molecule has 1 rings (SSSR count). The maximum absolute atomic E-state index is 3.17. The van der Waals surface area contributed by atoms with E-state index < -0.39 is 0 Å². The molecule has 1 aromatic carbocycles. The van der Waals surface area contributed by atoms with Crippen LogP contribution in [0.15, 0.2) is 30.3 Å². The molecule has 0 saturated heterocycles. The first-order chi connectivity index (χ1) is 5.43. The van der Waals surface area contributed by atoms with Crippen molar-refractivity contribution in [1.82, 2.24) is 5.32 Å². The fraction of sp³-hybridized carbons (Fsp3) is 0.300. The van der Waals surface area contributed by atoms with Crippen LogP contribution in [0.2, 0.25) is 0 Å². The molecule has 0 unspecified atom stereocenters. The Balaban J connectivity index is 2.28. The second-order valence-corrected chi connectivity index (χ2v) is 2.45. The van der Waals surface area contributed by atoms with Crippen LogP contribution in [0.1, 0.15) is 12.5 Å². The van der Waals surface area contributed by atoms with Crippen LogP contribution in [0, 0.1) is 6.54 Å². The fourth-order valence-corrected chi connectivity index (χ4v) is 0.948. The summed E-state index contributed by atoms with van der Waals surface area (Å²) in [6, 6.07) is 10.4. The highest BCUT2D eigenvalue weighted by atomic mass is 14.8. The zero-order valence-electron chi connectivity index (χ0n) is 6.88. The molecule has 0 spiro atoms. The van der Waals surface area contributed by atoms with Gasteiger partial charge in [0.25, 0.3) is 0 Å². The molecule has 0 aliphatic carbocycles. The molecule has 0 bridgehead atoms. The Labute approximate surface area is 68.4 Å². The largest absolute Gasteiger partial charge is 0.312 e. The summed E-state index contributed by atoms with van der Waals surface area (Å²) >= 11 is 0. The smallest absolute Gasteiger partial charge is 0.0264 e. The van der Waals surface area contributed by atoms with Crippen molar-refractivity contribution in [2.45, 2.75) is 13.3 Å². The monoisotopic (exact) mass is 148 g/mol. The van der Waals surface area contributed by atoms with Crippen molar-refractivity contribution < 1.29 is 0 Å². The first kappa shape index (κ1) is 8.28. The molecular formula is C10H14N. The van der Waals surface area contributed by atoms with Gasteiger partial charge in [-0.2, -0.15) is 0 Å². The van der Waals surface area contributed by atoms with E-state index in [1.54, 1.807) is 0 Å². The van der Waals surface area contributed by atoms with E-state index in [1.165, 1.54) is 5.56 Å². The van der Waals surface area contributed by atoms with Gasteiger partial charge >= 0.3 is 0 Å². The average molecular weight is 148 g/mol. The molecule has 0 heterocycles. The Kier molecular flexibility index (Phi) is 3.70. The summed E-state index contributed by atoms with van der Waals surface area (Å²) < 4.78 is 0.